The zero-order valence-corrected chi connectivity index (χ0v) is 16.7. The van der Waals surface area contributed by atoms with Crippen molar-refractivity contribution in [3.05, 3.63) is 24.3 Å². The molecule has 0 unspecified atom stereocenters. The quantitative estimate of drug-likeness (QED) is 0.610. The molecule has 0 bridgehead atoms. The van der Waals surface area contributed by atoms with Crippen molar-refractivity contribution >= 4 is 29.3 Å². The van der Waals surface area contributed by atoms with Crippen LogP contribution in [0.3, 0.4) is 0 Å². The molecule has 1 aromatic rings. The van der Waals surface area contributed by atoms with Crippen LogP contribution in [0.15, 0.2) is 29.4 Å². The van der Waals surface area contributed by atoms with Crippen LogP contribution in [-0.4, -0.2) is 29.1 Å². The van der Waals surface area contributed by atoms with Crippen LogP contribution < -0.4 is 10.3 Å². The molecule has 0 spiro atoms. The van der Waals surface area contributed by atoms with Crippen molar-refractivity contribution in [1.82, 2.24) is 0 Å². The predicted molar refractivity (Wildman–Crippen MR) is 104 cm³/mol. The van der Waals surface area contributed by atoms with E-state index in [4.69, 9.17) is 20.0 Å². The monoisotopic (exact) mass is 385 g/mol. The Hall–Kier alpha value is -3.59. The van der Waals surface area contributed by atoms with E-state index in [0.29, 0.717) is 0 Å². The maximum atomic E-state index is 12.7. The number of hydrogen-bond donors (Lipinski definition) is 1. The van der Waals surface area contributed by atoms with Gasteiger partial charge in [0.15, 0.2) is 0 Å². The third-order valence-corrected chi connectivity index (χ3v) is 2.80. The minimum atomic E-state index is -0.944. The standard InChI is InChI=1S/C19H23N5O4/c1-18(2,3)27-16(25)24(17(26)28-19(4,5)6)15-10-8-7-9-14(15)23-22-13(11-20)12-21/h7-10,23H,1-6H3. The number of para-hydroxylation sites is 2. The number of nitrogens with zero attached hydrogens (tertiary/aromatic N) is 4. The van der Waals surface area contributed by atoms with Gasteiger partial charge in [-0.25, -0.2) is 9.59 Å². The van der Waals surface area contributed by atoms with Gasteiger partial charge in [-0.1, -0.05) is 12.1 Å². The minimum Gasteiger partial charge on any atom is -0.443 e. The number of anilines is 2. The molecule has 0 aliphatic heterocycles. The van der Waals surface area contributed by atoms with Crippen molar-refractivity contribution in [3.63, 3.8) is 0 Å². The van der Waals surface area contributed by atoms with Gasteiger partial charge in [0.05, 0.1) is 11.4 Å². The van der Waals surface area contributed by atoms with Crippen molar-refractivity contribution in [1.29, 1.82) is 10.5 Å². The van der Waals surface area contributed by atoms with E-state index >= 15 is 0 Å². The molecule has 148 valence electrons. The van der Waals surface area contributed by atoms with E-state index in [2.05, 4.69) is 10.5 Å². The Kier molecular flexibility index (Phi) is 7.11. The normalized spacial score (nSPS) is 10.7. The number of hydrogen-bond acceptors (Lipinski definition) is 8. The first kappa shape index (κ1) is 22.5. The largest absolute Gasteiger partial charge is 0.443 e. The van der Waals surface area contributed by atoms with E-state index in [1.54, 1.807) is 65.8 Å². The second-order valence-electron chi connectivity index (χ2n) is 7.61. The highest BCUT2D eigenvalue weighted by atomic mass is 16.6. The Labute approximate surface area is 164 Å². The van der Waals surface area contributed by atoms with Crippen LogP contribution in [0.5, 0.6) is 0 Å². The number of ether oxygens (including phenoxy) is 2. The molecule has 0 fully saturated rings. The molecule has 0 saturated carbocycles. The average Bonchev–Trinajstić information content (AvgIpc) is 2.54. The van der Waals surface area contributed by atoms with Gasteiger partial charge < -0.3 is 9.47 Å². The van der Waals surface area contributed by atoms with Gasteiger partial charge in [-0.05, 0) is 53.7 Å². The zero-order valence-electron chi connectivity index (χ0n) is 16.7. The highest BCUT2D eigenvalue weighted by Crippen LogP contribution is 2.29. The summed E-state index contributed by atoms with van der Waals surface area (Å²) in [5, 5.41) is 21.3. The summed E-state index contributed by atoms with van der Waals surface area (Å²) >= 11 is 0. The van der Waals surface area contributed by atoms with Crippen molar-refractivity contribution in [2.45, 2.75) is 52.7 Å². The molecule has 0 aliphatic rings. The fourth-order valence-electron chi connectivity index (χ4n) is 1.84. The lowest BCUT2D eigenvalue weighted by Crippen LogP contribution is -2.44. The fourth-order valence-corrected chi connectivity index (χ4v) is 1.84. The summed E-state index contributed by atoms with van der Waals surface area (Å²) in [6.07, 6.45) is -1.89. The van der Waals surface area contributed by atoms with Gasteiger partial charge in [-0.2, -0.15) is 20.5 Å². The molecule has 0 aliphatic carbocycles. The minimum absolute atomic E-state index is 0.0879. The van der Waals surface area contributed by atoms with Crippen molar-refractivity contribution in [2.24, 2.45) is 5.10 Å². The van der Waals surface area contributed by atoms with E-state index < -0.39 is 29.1 Å². The van der Waals surface area contributed by atoms with Gasteiger partial charge >= 0.3 is 12.2 Å². The summed E-state index contributed by atoms with van der Waals surface area (Å²) in [5.74, 6) is 0. The van der Waals surface area contributed by atoms with Crippen LogP contribution in [0, 0.1) is 22.7 Å². The summed E-state index contributed by atoms with van der Waals surface area (Å²) in [7, 11) is 0. The molecule has 28 heavy (non-hydrogen) atoms. The van der Waals surface area contributed by atoms with E-state index in [9.17, 15) is 9.59 Å². The molecule has 9 nitrogen and oxygen atoms in total. The van der Waals surface area contributed by atoms with Gasteiger partial charge in [0.25, 0.3) is 0 Å². The van der Waals surface area contributed by atoms with Gasteiger partial charge in [0.1, 0.15) is 23.3 Å². The summed E-state index contributed by atoms with van der Waals surface area (Å²) in [6, 6.07) is 9.44. The van der Waals surface area contributed by atoms with Gasteiger partial charge in [-0.15, -0.1) is 0 Å². The number of nitrogens with one attached hydrogen (secondary N) is 1. The van der Waals surface area contributed by atoms with E-state index in [1.165, 1.54) is 12.1 Å². The zero-order chi connectivity index (χ0) is 21.5. The molecule has 2 amide bonds. The molecule has 0 saturated heterocycles. The Morgan fingerprint density at radius 3 is 1.86 bits per heavy atom. The number of hydrazone groups is 1. The molecular weight excluding hydrogens is 362 g/mol. The number of amides is 2. The van der Waals surface area contributed by atoms with Crippen LogP contribution in [0.4, 0.5) is 21.0 Å². The maximum absolute atomic E-state index is 12.7. The van der Waals surface area contributed by atoms with Crippen LogP contribution >= 0.6 is 0 Å². The first-order valence-electron chi connectivity index (χ1n) is 8.37. The van der Waals surface area contributed by atoms with Gasteiger partial charge in [0.2, 0.25) is 5.71 Å². The number of nitriles is 2. The summed E-state index contributed by atoms with van der Waals surface area (Å²) in [6.45, 7) is 9.99. The van der Waals surface area contributed by atoms with E-state index in [1.807, 2.05) is 0 Å². The maximum Gasteiger partial charge on any atom is 0.424 e. The molecule has 0 radical (unpaired) electrons. The topological polar surface area (TPSA) is 128 Å². The third kappa shape index (κ3) is 6.96. The fraction of sp³-hybridized carbons (Fsp3) is 0.421. The number of carbonyl (C=O) groups is 2. The third-order valence-electron chi connectivity index (χ3n) is 2.80. The van der Waals surface area contributed by atoms with Gasteiger partial charge in [-0.3, -0.25) is 5.43 Å². The molecule has 1 rings (SSSR count). The van der Waals surface area contributed by atoms with E-state index in [0.717, 1.165) is 4.90 Å². The summed E-state index contributed by atoms with van der Waals surface area (Å²) in [5.41, 5.74) is 0.672. The summed E-state index contributed by atoms with van der Waals surface area (Å²) in [4.78, 5) is 26.2. The second-order valence-corrected chi connectivity index (χ2v) is 7.61. The number of rotatable bonds is 3. The Morgan fingerprint density at radius 2 is 1.43 bits per heavy atom. The molecule has 0 aromatic heterocycles. The Balaban J connectivity index is 3.40. The van der Waals surface area contributed by atoms with Crippen molar-refractivity contribution < 1.29 is 19.1 Å². The summed E-state index contributed by atoms with van der Waals surface area (Å²) < 4.78 is 10.7. The lowest BCUT2D eigenvalue weighted by atomic mass is 10.2. The SMILES string of the molecule is CC(C)(C)OC(=O)N(C(=O)OC(C)(C)C)c1ccccc1NN=C(C#N)C#N. The number of imide groups is 1. The number of carbonyl (C=O) groups excluding carboxylic acids is 2. The molecule has 0 atom stereocenters. The lowest BCUT2D eigenvalue weighted by molar-refractivity contribution is 0.0431. The molecular formula is C19H23N5O4. The first-order chi connectivity index (χ1) is 12.9. The predicted octanol–water partition coefficient (Wildman–Crippen LogP) is 4.18. The first-order valence-corrected chi connectivity index (χ1v) is 8.37. The highest BCUT2D eigenvalue weighted by molar-refractivity contribution is 6.12. The van der Waals surface area contributed by atoms with Crippen LogP contribution in [0.1, 0.15) is 41.5 Å². The van der Waals surface area contributed by atoms with Crippen LogP contribution in [0.25, 0.3) is 0 Å². The van der Waals surface area contributed by atoms with Crippen LogP contribution in [0.2, 0.25) is 0 Å². The Bertz CT molecular complexity index is 807. The van der Waals surface area contributed by atoms with Gasteiger partial charge in [0, 0.05) is 0 Å². The smallest absolute Gasteiger partial charge is 0.424 e. The van der Waals surface area contributed by atoms with Crippen molar-refractivity contribution in [3.8, 4) is 12.1 Å². The molecule has 0 heterocycles. The molecule has 1 aromatic carbocycles. The van der Waals surface area contributed by atoms with Crippen LogP contribution in [-0.2, 0) is 9.47 Å². The molecule has 9 heteroatoms. The van der Waals surface area contributed by atoms with E-state index in [-0.39, 0.29) is 11.4 Å². The molecule has 1 N–H and O–H groups in total. The van der Waals surface area contributed by atoms with Crippen molar-refractivity contribution in [2.75, 3.05) is 10.3 Å². The number of benzene rings is 1. The highest BCUT2D eigenvalue weighted by Gasteiger charge is 2.33. The lowest BCUT2D eigenvalue weighted by Gasteiger charge is -2.29. The average molecular weight is 385 g/mol. The Morgan fingerprint density at radius 1 is 0.964 bits per heavy atom. The second kappa shape index (κ2) is 8.87.